The Labute approximate surface area is 198 Å². The van der Waals surface area contributed by atoms with E-state index < -0.39 is 0 Å². The molecule has 2 aromatic rings. The summed E-state index contributed by atoms with van der Waals surface area (Å²) >= 11 is 0. The number of aromatic amines is 1. The van der Waals surface area contributed by atoms with Gasteiger partial charge in [0.05, 0.1) is 0 Å². The fraction of sp³-hybridized carbons (Fsp3) is 0.417. The average Bonchev–Trinajstić information content (AvgIpc) is 3.15. The SMILES string of the molecule is CC(C)(C)c1[c-][nH]c2cccc(C(C)(C)C)c12.CC(C)=C1[C-]=CC=C1.[Cl-].[Cl-].[Ti+4]. The molecular formula is C24H31Cl2NTi. The zero-order valence-electron chi connectivity index (χ0n) is 18.2. The van der Waals surface area contributed by atoms with Crippen LogP contribution in [0.25, 0.3) is 10.9 Å². The van der Waals surface area contributed by atoms with Crippen LogP contribution in [0.15, 0.2) is 47.6 Å². The zero-order chi connectivity index (χ0) is 18.8. The van der Waals surface area contributed by atoms with Crippen molar-refractivity contribution >= 4 is 10.9 Å². The van der Waals surface area contributed by atoms with E-state index in [0.717, 1.165) is 0 Å². The zero-order valence-corrected chi connectivity index (χ0v) is 21.3. The minimum absolute atomic E-state index is 0. The van der Waals surface area contributed by atoms with Crippen molar-refractivity contribution < 1.29 is 46.5 Å². The predicted octanol–water partition coefficient (Wildman–Crippen LogP) is 0.821. The van der Waals surface area contributed by atoms with Crippen LogP contribution in [-0.4, -0.2) is 4.98 Å². The van der Waals surface area contributed by atoms with Gasteiger partial charge >= 0.3 is 21.7 Å². The summed E-state index contributed by atoms with van der Waals surface area (Å²) in [6, 6.07) is 6.50. The summed E-state index contributed by atoms with van der Waals surface area (Å²) in [6.07, 6.45) is 12.4. The largest absolute Gasteiger partial charge is 4.00 e. The number of benzene rings is 1. The van der Waals surface area contributed by atoms with Crippen LogP contribution in [-0.2, 0) is 32.5 Å². The van der Waals surface area contributed by atoms with Gasteiger partial charge in [0.2, 0.25) is 0 Å². The van der Waals surface area contributed by atoms with Crippen molar-refractivity contribution in [2.24, 2.45) is 0 Å². The van der Waals surface area contributed by atoms with Gasteiger partial charge in [-0.05, 0) is 10.8 Å². The molecule has 0 saturated heterocycles. The van der Waals surface area contributed by atoms with E-state index in [9.17, 15) is 0 Å². The first-order valence-corrected chi connectivity index (χ1v) is 8.99. The number of fused-ring (bicyclic) bond motifs is 1. The summed E-state index contributed by atoms with van der Waals surface area (Å²) in [5, 5.41) is 1.35. The second-order valence-electron chi connectivity index (χ2n) is 8.94. The third-order valence-corrected chi connectivity index (χ3v) is 4.33. The standard InChI is InChI=1S/C16H22N.C8H9.2ClH.Ti/c1-15(2,3)11-8-7-9-13-14(11)12(10-17-13)16(4,5)6;1-7(2)8-5-3-4-6-8;;;/h7-9,17H,1-6H3;3-5H,1-2H3;2*1H;/q2*-1;;;+4/p-2. The number of aromatic nitrogens is 1. The van der Waals surface area contributed by atoms with Gasteiger partial charge in [-0.1, -0.05) is 73.1 Å². The molecule has 28 heavy (non-hydrogen) atoms. The molecule has 0 saturated carbocycles. The molecule has 0 atom stereocenters. The Kier molecular flexibility index (Phi) is 12.1. The first kappa shape index (κ1) is 29.5. The maximum absolute atomic E-state index is 3.34. The summed E-state index contributed by atoms with van der Waals surface area (Å²) in [7, 11) is 0. The van der Waals surface area contributed by atoms with Crippen molar-refractivity contribution in [1.29, 1.82) is 0 Å². The smallest absolute Gasteiger partial charge is 1.00 e. The molecule has 4 heteroatoms. The van der Waals surface area contributed by atoms with Crippen molar-refractivity contribution in [2.45, 2.75) is 66.2 Å². The van der Waals surface area contributed by atoms with Crippen LogP contribution in [0.4, 0.5) is 0 Å². The van der Waals surface area contributed by atoms with Gasteiger partial charge in [-0.25, -0.2) is 0 Å². The van der Waals surface area contributed by atoms with Gasteiger partial charge in [0.25, 0.3) is 0 Å². The van der Waals surface area contributed by atoms with Crippen molar-refractivity contribution in [3.8, 4) is 0 Å². The van der Waals surface area contributed by atoms with Crippen LogP contribution in [0.5, 0.6) is 0 Å². The third-order valence-electron chi connectivity index (χ3n) is 4.33. The molecule has 3 rings (SSSR count). The Morgan fingerprint density at radius 2 is 1.54 bits per heavy atom. The Morgan fingerprint density at radius 3 is 1.93 bits per heavy atom. The average molecular weight is 452 g/mol. The Balaban J connectivity index is 0. The van der Waals surface area contributed by atoms with E-state index in [1.807, 2.05) is 12.2 Å². The van der Waals surface area contributed by atoms with E-state index in [1.54, 1.807) is 0 Å². The topological polar surface area (TPSA) is 15.8 Å². The molecule has 1 nitrogen and oxygen atoms in total. The van der Waals surface area contributed by atoms with Crippen LogP contribution >= 0.6 is 0 Å². The van der Waals surface area contributed by atoms with Crippen LogP contribution in [0.3, 0.4) is 0 Å². The number of hydrogen-bond donors (Lipinski definition) is 1. The molecule has 0 radical (unpaired) electrons. The molecule has 0 fully saturated rings. The van der Waals surface area contributed by atoms with Crippen LogP contribution < -0.4 is 24.8 Å². The van der Waals surface area contributed by atoms with E-state index >= 15 is 0 Å². The quantitative estimate of drug-likeness (QED) is 0.450. The van der Waals surface area contributed by atoms with E-state index in [1.165, 1.54) is 33.2 Å². The van der Waals surface area contributed by atoms with Gasteiger partial charge in [0.15, 0.2) is 0 Å². The van der Waals surface area contributed by atoms with Crippen molar-refractivity contribution in [2.75, 3.05) is 0 Å². The fourth-order valence-electron chi connectivity index (χ4n) is 2.95. The first-order chi connectivity index (χ1) is 11.5. The summed E-state index contributed by atoms with van der Waals surface area (Å²) in [5.41, 5.74) is 6.73. The van der Waals surface area contributed by atoms with Gasteiger partial charge in [-0.2, -0.15) is 23.8 Å². The van der Waals surface area contributed by atoms with E-state index in [0.29, 0.717) is 0 Å². The third kappa shape index (κ3) is 7.27. The van der Waals surface area contributed by atoms with E-state index in [-0.39, 0.29) is 57.4 Å². The number of H-pyrrole nitrogens is 1. The Morgan fingerprint density at radius 1 is 0.929 bits per heavy atom. The fourth-order valence-corrected chi connectivity index (χ4v) is 2.95. The van der Waals surface area contributed by atoms with Crippen molar-refractivity contribution in [1.82, 2.24) is 4.98 Å². The number of nitrogens with one attached hydrogen (secondary N) is 1. The maximum Gasteiger partial charge on any atom is 4.00 e. The minimum Gasteiger partial charge on any atom is -1.00 e. The second kappa shape index (κ2) is 11.5. The molecular weight excluding hydrogens is 421 g/mol. The summed E-state index contributed by atoms with van der Waals surface area (Å²) < 4.78 is 0. The molecule has 1 aromatic carbocycles. The van der Waals surface area contributed by atoms with E-state index in [4.69, 9.17) is 0 Å². The van der Waals surface area contributed by atoms with Crippen LogP contribution in [0.2, 0.25) is 0 Å². The number of hydrogen-bond acceptors (Lipinski definition) is 0. The minimum atomic E-state index is 0. The van der Waals surface area contributed by atoms with Crippen molar-refractivity contribution in [3.63, 3.8) is 0 Å². The van der Waals surface area contributed by atoms with Crippen molar-refractivity contribution in [3.05, 3.63) is 71.0 Å². The van der Waals surface area contributed by atoms with Gasteiger partial charge in [0, 0.05) is 0 Å². The summed E-state index contributed by atoms with van der Waals surface area (Å²) in [4.78, 5) is 3.28. The second-order valence-corrected chi connectivity index (χ2v) is 8.94. The maximum atomic E-state index is 3.34. The molecule has 1 N–H and O–H groups in total. The summed E-state index contributed by atoms with van der Waals surface area (Å²) in [6.45, 7) is 17.7. The Hall–Kier alpha value is -0.726. The van der Waals surface area contributed by atoms with Gasteiger partial charge in [-0.3, -0.25) is 0 Å². The van der Waals surface area contributed by atoms with Gasteiger partial charge < -0.3 is 29.8 Å². The summed E-state index contributed by atoms with van der Waals surface area (Å²) in [5.74, 6) is 0. The number of allylic oxidation sites excluding steroid dienone is 6. The molecule has 0 amide bonds. The predicted molar refractivity (Wildman–Crippen MR) is 110 cm³/mol. The molecule has 0 bridgehead atoms. The molecule has 150 valence electrons. The molecule has 1 aliphatic carbocycles. The first-order valence-electron chi connectivity index (χ1n) is 8.99. The number of halogens is 2. The van der Waals surface area contributed by atoms with Crippen LogP contribution in [0.1, 0.15) is 66.5 Å². The van der Waals surface area contributed by atoms with Crippen LogP contribution in [0, 0.1) is 12.3 Å². The number of rotatable bonds is 0. The normalized spacial score (nSPS) is 12.5. The molecule has 1 aromatic heterocycles. The van der Waals surface area contributed by atoms with Gasteiger partial charge in [0.1, 0.15) is 0 Å². The molecule has 0 aliphatic heterocycles. The van der Waals surface area contributed by atoms with Gasteiger partial charge in [-0.15, -0.1) is 40.4 Å². The monoisotopic (exact) mass is 451 g/mol. The van der Waals surface area contributed by atoms with E-state index in [2.05, 4.69) is 96.9 Å². The molecule has 1 heterocycles. The molecule has 0 spiro atoms. The molecule has 1 aliphatic rings. The Bertz CT molecular complexity index is 826. The molecule has 0 unspecified atom stereocenters.